The number of halogens is 2. The van der Waals surface area contributed by atoms with E-state index in [0.717, 1.165) is 6.42 Å². The number of carbonyl (C=O) groups is 1. The first-order valence-corrected chi connectivity index (χ1v) is 9.91. The zero-order valence-electron chi connectivity index (χ0n) is 16.0. The van der Waals surface area contributed by atoms with E-state index >= 15 is 0 Å². The highest BCUT2D eigenvalue weighted by Gasteiger charge is 2.18. The first-order valence-electron chi connectivity index (χ1n) is 9.11. The third kappa shape index (κ3) is 4.54. The second kappa shape index (κ2) is 9.00. The molecule has 0 spiro atoms. The number of rotatable bonds is 6. The summed E-state index contributed by atoms with van der Waals surface area (Å²) < 4.78 is 15.2. The van der Waals surface area contributed by atoms with Gasteiger partial charge in [-0.25, -0.2) is 14.5 Å². The number of hydrogen-bond donors (Lipinski definition) is 2. The Hall–Kier alpha value is -3.00. The number of aromatic amines is 1. The minimum absolute atomic E-state index is 0.309. The van der Waals surface area contributed by atoms with Crippen LogP contribution in [0.1, 0.15) is 41.9 Å². The van der Waals surface area contributed by atoms with E-state index in [-0.39, 0.29) is 17.3 Å². The van der Waals surface area contributed by atoms with Crippen LogP contribution in [0.5, 0.6) is 0 Å². The molecule has 8 heteroatoms. The molecule has 0 aliphatic rings. The molecule has 3 aromatic rings. The average molecular weight is 459 g/mol. The van der Waals surface area contributed by atoms with Crippen molar-refractivity contribution in [2.24, 2.45) is 5.10 Å². The standard InChI is InChI=1S/C21H20BrFN4O2/c1-3-6-18-19(21(29)27(26-18)15-11-9-14(23)10-12-15)13(2)24-25-20(28)16-7-4-5-8-17(16)22/h4-5,7-12,26H,3,6H2,1-2H3,(H,25,28)/b24-13+. The van der Waals surface area contributed by atoms with Crippen molar-refractivity contribution >= 4 is 27.5 Å². The van der Waals surface area contributed by atoms with E-state index in [1.165, 1.54) is 28.9 Å². The van der Waals surface area contributed by atoms with Gasteiger partial charge in [0.15, 0.2) is 0 Å². The Morgan fingerprint density at radius 2 is 1.90 bits per heavy atom. The SMILES string of the molecule is CCCc1[nH]n(-c2ccc(F)cc2)c(=O)c1/C(C)=N/NC(=O)c1ccccc1Br. The summed E-state index contributed by atoms with van der Waals surface area (Å²) in [6.07, 6.45) is 1.44. The zero-order chi connectivity index (χ0) is 21.0. The molecule has 0 unspecified atom stereocenters. The van der Waals surface area contributed by atoms with Crippen molar-refractivity contribution in [1.82, 2.24) is 15.2 Å². The Bertz CT molecular complexity index is 1120. The number of aryl methyl sites for hydroxylation is 1. The maximum absolute atomic E-state index is 13.2. The lowest BCUT2D eigenvalue weighted by Gasteiger charge is -2.04. The Labute approximate surface area is 175 Å². The molecule has 1 heterocycles. The summed E-state index contributed by atoms with van der Waals surface area (Å²) in [5, 5.41) is 7.22. The van der Waals surface area contributed by atoms with Crippen LogP contribution in [0.4, 0.5) is 4.39 Å². The van der Waals surface area contributed by atoms with Crippen molar-refractivity contribution in [2.45, 2.75) is 26.7 Å². The zero-order valence-corrected chi connectivity index (χ0v) is 17.6. The Morgan fingerprint density at radius 3 is 2.55 bits per heavy atom. The molecule has 3 rings (SSSR count). The van der Waals surface area contributed by atoms with E-state index in [0.29, 0.717) is 39.1 Å². The molecule has 0 atom stereocenters. The van der Waals surface area contributed by atoms with Crippen LogP contribution in [0.15, 0.2) is 62.9 Å². The quantitative estimate of drug-likeness (QED) is 0.429. The minimum atomic E-state index is -0.386. The maximum Gasteiger partial charge on any atom is 0.280 e. The predicted molar refractivity (Wildman–Crippen MR) is 114 cm³/mol. The fourth-order valence-corrected chi connectivity index (χ4v) is 3.42. The highest BCUT2D eigenvalue weighted by Crippen LogP contribution is 2.16. The molecule has 0 saturated heterocycles. The molecule has 0 aliphatic carbocycles. The van der Waals surface area contributed by atoms with Crippen molar-refractivity contribution in [3.63, 3.8) is 0 Å². The van der Waals surface area contributed by atoms with Crippen molar-refractivity contribution < 1.29 is 9.18 Å². The van der Waals surface area contributed by atoms with Gasteiger partial charge in [0.2, 0.25) is 0 Å². The van der Waals surface area contributed by atoms with Gasteiger partial charge in [-0.2, -0.15) is 5.10 Å². The van der Waals surface area contributed by atoms with Gasteiger partial charge in [0.1, 0.15) is 5.82 Å². The predicted octanol–water partition coefficient (Wildman–Crippen LogP) is 4.17. The van der Waals surface area contributed by atoms with Gasteiger partial charge in [-0.15, -0.1) is 0 Å². The summed E-state index contributed by atoms with van der Waals surface area (Å²) in [7, 11) is 0. The summed E-state index contributed by atoms with van der Waals surface area (Å²) in [5.74, 6) is -0.766. The van der Waals surface area contributed by atoms with E-state index < -0.39 is 0 Å². The van der Waals surface area contributed by atoms with E-state index in [1.807, 2.05) is 13.0 Å². The topological polar surface area (TPSA) is 79.2 Å². The lowest BCUT2D eigenvalue weighted by Crippen LogP contribution is -2.23. The smallest absolute Gasteiger partial charge is 0.280 e. The van der Waals surface area contributed by atoms with Crippen molar-refractivity contribution in [3.8, 4) is 5.69 Å². The summed E-state index contributed by atoms with van der Waals surface area (Å²) >= 11 is 3.33. The van der Waals surface area contributed by atoms with Gasteiger partial charge in [0.05, 0.1) is 22.5 Å². The Morgan fingerprint density at radius 1 is 1.21 bits per heavy atom. The molecule has 1 amide bonds. The molecule has 2 N–H and O–H groups in total. The monoisotopic (exact) mass is 458 g/mol. The van der Waals surface area contributed by atoms with E-state index in [9.17, 15) is 14.0 Å². The largest absolute Gasteiger partial charge is 0.294 e. The molecule has 0 bridgehead atoms. The number of nitrogens with one attached hydrogen (secondary N) is 2. The summed E-state index contributed by atoms with van der Waals surface area (Å²) in [6, 6.07) is 12.6. The van der Waals surface area contributed by atoms with Crippen LogP contribution in [0.3, 0.4) is 0 Å². The van der Waals surface area contributed by atoms with Gasteiger partial charge >= 0.3 is 0 Å². The second-order valence-electron chi connectivity index (χ2n) is 6.45. The highest BCUT2D eigenvalue weighted by atomic mass is 79.9. The minimum Gasteiger partial charge on any atom is -0.294 e. The van der Waals surface area contributed by atoms with Crippen LogP contribution in [0.2, 0.25) is 0 Å². The molecular formula is C21H20BrFN4O2. The third-order valence-electron chi connectivity index (χ3n) is 4.36. The van der Waals surface area contributed by atoms with Gasteiger partial charge in [-0.3, -0.25) is 14.7 Å². The molecule has 0 fully saturated rings. The van der Waals surface area contributed by atoms with Crippen LogP contribution < -0.4 is 11.0 Å². The summed E-state index contributed by atoms with van der Waals surface area (Å²) in [5.41, 5.74) is 4.63. The summed E-state index contributed by atoms with van der Waals surface area (Å²) in [4.78, 5) is 25.4. The fraction of sp³-hybridized carbons (Fsp3) is 0.190. The van der Waals surface area contributed by atoms with Crippen LogP contribution in [-0.2, 0) is 6.42 Å². The number of benzene rings is 2. The first-order chi connectivity index (χ1) is 13.9. The maximum atomic E-state index is 13.2. The van der Waals surface area contributed by atoms with Crippen LogP contribution in [-0.4, -0.2) is 21.4 Å². The molecule has 1 aromatic heterocycles. The van der Waals surface area contributed by atoms with E-state index in [1.54, 1.807) is 25.1 Å². The van der Waals surface area contributed by atoms with Gasteiger partial charge in [-0.05, 0) is 65.7 Å². The molecule has 0 radical (unpaired) electrons. The molecular weight excluding hydrogens is 439 g/mol. The van der Waals surface area contributed by atoms with Crippen molar-refractivity contribution in [2.75, 3.05) is 0 Å². The summed E-state index contributed by atoms with van der Waals surface area (Å²) in [6.45, 7) is 3.66. The molecule has 29 heavy (non-hydrogen) atoms. The van der Waals surface area contributed by atoms with Gasteiger partial charge in [-0.1, -0.05) is 25.5 Å². The third-order valence-corrected chi connectivity index (χ3v) is 5.05. The van der Waals surface area contributed by atoms with Gasteiger partial charge in [0, 0.05) is 10.2 Å². The van der Waals surface area contributed by atoms with Crippen molar-refractivity contribution in [3.05, 3.63) is 86.0 Å². The number of H-pyrrole nitrogens is 1. The number of hydrogen-bond acceptors (Lipinski definition) is 3. The van der Waals surface area contributed by atoms with Crippen molar-refractivity contribution in [1.29, 1.82) is 0 Å². The van der Waals surface area contributed by atoms with Crippen LogP contribution in [0.25, 0.3) is 5.69 Å². The number of amides is 1. The lowest BCUT2D eigenvalue weighted by molar-refractivity contribution is 0.0954. The Kier molecular flexibility index (Phi) is 6.43. The first kappa shape index (κ1) is 20.7. The Balaban J connectivity index is 1.95. The number of nitrogens with zero attached hydrogens (tertiary/aromatic N) is 2. The molecule has 150 valence electrons. The lowest BCUT2D eigenvalue weighted by atomic mass is 10.1. The normalized spacial score (nSPS) is 11.5. The molecule has 6 nitrogen and oxygen atoms in total. The van der Waals surface area contributed by atoms with Crippen LogP contribution in [0, 0.1) is 5.82 Å². The highest BCUT2D eigenvalue weighted by molar-refractivity contribution is 9.10. The fourth-order valence-electron chi connectivity index (χ4n) is 2.95. The van der Waals surface area contributed by atoms with Crippen LogP contribution >= 0.6 is 15.9 Å². The van der Waals surface area contributed by atoms with Gasteiger partial charge in [0.25, 0.3) is 11.5 Å². The average Bonchev–Trinajstić information content (AvgIpc) is 3.03. The van der Waals surface area contributed by atoms with E-state index in [2.05, 4.69) is 31.6 Å². The number of aromatic nitrogens is 2. The number of carbonyl (C=O) groups excluding carboxylic acids is 1. The molecule has 2 aromatic carbocycles. The number of hydrazone groups is 1. The van der Waals surface area contributed by atoms with E-state index in [4.69, 9.17) is 0 Å². The molecule has 0 saturated carbocycles. The molecule has 0 aliphatic heterocycles. The second-order valence-corrected chi connectivity index (χ2v) is 7.30. The van der Waals surface area contributed by atoms with Gasteiger partial charge < -0.3 is 0 Å².